The molecule has 0 heteroatoms. The van der Waals surface area contributed by atoms with Crippen molar-refractivity contribution in [1.29, 1.82) is 0 Å². The second-order valence-electron chi connectivity index (χ2n) is 10.1. The van der Waals surface area contributed by atoms with Crippen LogP contribution in [0.4, 0.5) is 0 Å². The molecular weight excluding hydrogens is 300 g/mol. The lowest BCUT2D eigenvalue weighted by molar-refractivity contribution is 0.170. The summed E-state index contributed by atoms with van der Waals surface area (Å²) in [5.74, 6) is 4.09. The average Bonchev–Trinajstić information content (AvgIpc) is 3.09. The largest absolute Gasteiger partial charge is 0.0847 e. The van der Waals surface area contributed by atoms with Crippen molar-refractivity contribution < 1.29 is 0 Å². The summed E-state index contributed by atoms with van der Waals surface area (Å²) in [6.45, 7) is 14.7. The quantitative estimate of drug-likeness (QED) is 0.428. The summed E-state index contributed by atoms with van der Waals surface area (Å²) in [6, 6.07) is 0. The Bertz CT molecular complexity index is 573. The molecule has 0 bridgehead atoms. The zero-order chi connectivity index (χ0) is 18.2. The van der Waals surface area contributed by atoms with Crippen LogP contribution in [0.5, 0.6) is 0 Å². The molecule has 3 aliphatic rings. The molecule has 0 unspecified atom stereocenters. The van der Waals surface area contributed by atoms with Crippen LogP contribution in [0.3, 0.4) is 0 Å². The molecule has 2 saturated carbocycles. The van der Waals surface area contributed by atoms with Gasteiger partial charge in [-0.05, 0) is 87.9 Å². The lowest BCUT2D eigenvalue weighted by atomic mass is 9.70. The van der Waals surface area contributed by atoms with Gasteiger partial charge in [-0.3, -0.25) is 0 Å². The standard InChI is InChI=1S/C25H40/c1-17(2)21-14-16-25(6)15-13-18(3)7-10-22-19(4)8-11-23(22)20(5)9-12-24(21)25/h9-10,13,17,19,21,23-24H,7-8,11-12,14-16H2,1-6H3/b18-13+,20-9+,22-10-/t19-,21+,23+,24-,25-/m1/s1. The first-order chi connectivity index (χ1) is 11.8. The third-order valence-corrected chi connectivity index (χ3v) is 8.00. The highest BCUT2D eigenvalue weighted by Crippen LogP contribution is 2.54. The number of hydrogen-bond donors (Lipinski definition) is 0. The van der Waals surface area contributed by atoms with E-state index in [1.165, 1.54) is 38.5 Å². The van der Waals surface area contributed by atoms with Crippen molar-refractivity contribution in [1.82, 2.24) is 0 Å². The van der Waals surface area contributed by atoms with E-state index in [9.17, 15) is 0 Å². The fourth-order valence-corrected chi connectivity index (χ4v) is 6.06. The Balaban J connectivity index is 1.95. The monoisotopic (exact) mass is 340 g/mol. The van der Waals surface area contributed by atoms with Crippen LogP contribution >= 0.6 is 0 Å². The predicted molar refractivity (Wildman–Crippen MR) is 110 cm³/mol. The molecule has 0 aromatic heterocycles. The van der Waals surface area contributed by atoms with Crippen molar-refractivity contribution in [2.24, 2.45) is 35.0 Å². The maximum atomic E-state index is 2.65. The Morgan fingerprint density at radius 1 is 1.04 bits per heavy atom. The van der Waals surface area contributed by atoms with Gasteiger partial charge in [0.25, 0.3) is 0 Å². The van der Waals surface area contributed by atoms with Crippen molar-refractivity contribution in [2.75, 3.05) is 0 Å². The van der Waals surface area contributed by atoms with Crippen LogP contribution in [0.25, 0.3) is 0 Å². The Kier molecular flexibility index (Phi) is 5.66. The van der Waals surface area contributed by atoms with Crippen LogP contribution in [0.15, 0.2) is 34.9 Å². The summed E-state index contributed by atoms with van der Waals surface area (Å²) in [6.07, 6.45) is 17.2. The van der Waals surface area contributed by atoms with Crippen LogP contribution in [0, 0.1) is 35.0 Å². The fourth-order valence-electron chi connectivity index (χ4n) is 6.06. The van der Waals surface area contributed by atoms with Gasteiger partial charge < -0.3 is 0 Å². The Labute approximate surface area is 156 Å². The van der Waals surface area contributed by atoms with E-state index in [2.05, 4.69) is 59.8 Å². The van der Waals surface area contributed by atoms with Crippen LogP contribution in [-0.2, 0) is 0 Å². The highest BCUT2D eigenvalue weighted by molar-refractivity contribution is 5.27. The first kappa shape index (κ1) is 19.0. The van der Waals surface area contributed by atoms with E-state index in [0.29, 0.717) is 5.41 Å². The molecule has 0 spiro atoms. The second-order valence-corrected chi connectivity index (χ2v) is 10.1. The number of allylic oxidation sites excluding steroid dienone is 6. The van der Waals surface area contributed by atoms with Gasteiger partial charge in [-0.25, -0.2) is 0 Å². The predicted octanol–water partition coefficient (Wildman–Crippen LogP) is 7.72. The number of fused-ring (bicyclic) bond motifs is 2. The first-order valence-corrected chi connectivity index (χ1v) is 10.8. The summed E-state index contributed by atoms with van der Waals surface area (Å²) < 4.78 is 0. The van der Waals surface area contributed by atoms with Crippen molar-refractivity contribution in [3.05, 3.63) is 34.9 Å². The van der Waals surface area contributed by atoms with Gasteiger partial charge in [-0.2, -0.15) is 0 Å². The average molecular weight is 341 g/mol. The molecular formula is C25H40. The van der Waals surface area contributed by atoms with Gasteiger partial charge in [0.15, 0.2) is 0 Å². The normalized spacial score (nSPS) is 46.0. The molecule has 0 nitrogen and oxygen atoms in total. The second kappa shape index (κ2) is 7.45. The molecule has 140 valence electrons. The molecule has 0 aromatic rings. The minimum atomic E-state index is 0.502. The topological polar surface area (TPSA) is 0 Å². The molecule has 5 atom stereocenters. The molecule has 0 saturated heterocycles. The van der Waals surface area contributed by atoms with Crippen molar-refractivity contribution >= 4 is 0 Å². The zero-order valence-corrected chi connectivity index (χ0v) is 17.6. The SMILES string of the molecule is C/C1=C\C[C@]2(C)CC[C@@H](C(C)C)[C@H]2C/C=C(\C)[C@@H]2CC[C@@H](C)/C2=C/C1. The van der Waals surface area contributed by atoms with E-state index in [1.807, 2.05) is 0 Å². The highest BCUT2D eigenvalue weighted by atomic mass is 14.5. The molecule has 3 aliphatic carbocycles. The lowest BCUT2D eigenvalue weighted by Gasteiger charge is -2.35. The van der Waals surface area contributed by atoms with Gasteiger partial charge in [0.05, 0.1) is 0 Å². The summed E-state index contributed by atoms with van der Waals surface area (Å²) in [7, 11) is 0. The Morgan fingerprint density at radius 2 is 1.80 bits per heavy atom. The van der Waals surface area contributed by atoms with E-state index in [-0.39, 0.29) is 0 Å². The van der Waals surface area contributed by atoms with Crippen molar-refractivity contribution in [3.8, 4) is 0 Å². The highest BCUT2D eigenvalue weighted by Gasteiger charge is 2.44. The molecule has 0 N–H and O–H groups in total. The van der Waals surface area contributed by atoms with Crippen LogP contribution < -0.4 is 0 Å². The summed E-state index contributed by atoms with van der Waals surface area (Å²) in [4.78, 5) is 0. The Morgan fingerprint density at radius 3 is 2.52 bits per heavy atom. The Hall–Kier alpha value is -0.780. The van der Waals surface area contributed by atoms with Gasteiger partial charge in [-0.1, -0.05) is 62.6 Å². The molecule has 0 aromatic carbocycles. The lowest BCUT2D eigenvalue weighted by Crippen LogP contribution is -2.27. The molecule has 3 rings (SSSR count). The third kappa shape index (κ3) is 3.83. The molecule has 2 fully saturated rings. The third-order valence-electron chi connectivity index (χ3n) is 8.00. The van der Waals surface area contributed by atoms with Gasteiger partial charge in [0, 0.05) is 5.92 Å². The number of rotatable bonds is 1. The van der Waals surface area contributed by atoms with Crippen LogP contribution in [0.1, 0.15) is 86.5 Å². The molecule has 0 aliphatic heterocycles. The number of hydrogen-bond acceptors (Lipinski definition) is 0. The van der Waals surface area contributed by atoms with Gasteiger partial charge in [0.2, 0.25) is 0 Å². The van der Waals surface area contributed by atoms with Gasteiger partial charge in [0.1, 0.15) is 0 Å². The minimum Gasteiger partial charge on any atom is -0.0847 e. The summed E-state index contributed by atoms with van der Waals surface area (Å²) >= 11 is 0. The van der Waals surface area contributed by atoms with Crippen LogP contribution in [-0.4, -0.2) is 0 Å². The van der Waals surface area contributed by atoms with E-state index >= 15 is 0 Å². The zero-order valence-electron chi connectivity index (χ0n) is 17.6. The van der Waals surface area contributed by atoms with E-state index in [0.717, 1.165) is 36.0 Å². The molecule has 0 radical (unpaired) electrons. The van der Waals surface area contributed by atoms with Crippen LogP contribution in [0.2, 0.25) is 0 Å². The molecule has 0 heterocycles. The maximum absolute atomic E-state index is 2.65. The van der Waals surface area contributed by atoms with E-state index < -0.39 is 0 Å². The van der Waals surface area contributed by atoms with Crippen molar-refractivity contribution in [2.45, 2.75) is 86.5 Å². The smallest absolute Gasteiger partial charge is 0.000714 e. The molecule has 25 heavy (non-hydrogen) atoms. The van der Waals surface area contributed by atoms with Gasteiger partial charge >= 0.3 is 0 Å². The summed E-state index contributed by atoms with van der Waals surface area (Å²) in [5, 5.41) is 0. The maximum Gasteiger partial charge on any atom is 0.000714 e. The molecule has 0 amide bonds. The van der Waals surface area contributed by atoms with E-state index in [4.69, 9.17) is 0 Å². The minimum absolute atomic E-state index is 0.502. The van der Waals surface area contributed by atoms with Gasteiger partial charge in [-0.15, -0.1) is 0 Å². The summed E-state index contributed by atoms with van der Waals surface area (Å²) in [5.41, 5.74) is 5.48. The fraction of sp³-hybridized carbons (Fsp3) is 0.760. The van der Waals surface area contributed by atoms with E-state index in [1.54, 1.807) is 16.7 Å². The van der Waals surface area contributed by atoms with Crippen molar-refractivity contribution in [3.63, 3.8) is 0 Å². The first-order valence-electron chi connectivity index (χ1n) is 10.8.